The van der Waals surface area contributed by atoms with Gasteiger partial charge in [0.2, 0.25) is 0 Å². The van der Waals surface area contributed by atoms with Gasteiger partial charge >= 0.3 is 0 Å². The molecule has 1 aromatic heterocycles. The molecule has 1 fully saturated rings. The fourth-order valence-corrected chi connectivity index (χ4v) is 2.12. The number of halogens is 2. The number of rotatable bonds is 1. The highest BCUT2D eigenvalue weighted by atomic mass is 19.2. The lowest BCUT2D eigenvalue weighted by Gasteiger charge is -2.01. The van der Waals surface area contributed by atoms with Crippen molar-refractivity contribution in [3.63, 3.8) is 0 Å². The van der Waals surface area contributed by atoms with Gasteiger partial charge in [-0.05, 0) is 25.1 Å². The Bertz CT molecular complexity index is 529. The number of benzene rings is 1. The van der Waals surface area contributed by atoms with Crippen LogP contribution < -0.4 is 5.32 Å². The summed E-state index contributed by atoms with van der Waals surface area (Å²) in [5, 5.41) is 3.21. The third-order valence-electron chi connectivity index (χ3n) is 3.01. The van der Waals surface area contributed by atoms with Gasteiger partial charge in [0.1, 0.15) is 11.3 Å². The summed E-state index contributed by atoms with van der Waals surface area (Å²) < 4.78 is 26.4. The minimum atomic E-state index is -0.869. The molecule has 0 saturated carbocycles. The first-order chi connectivity index (χ1) is 7.75. The van der Waals surface area contributed by atoms with E-state index >= 15 is 0 Å². The lowest BCUT2D eigenvalue weighted by molar-refractivity contribution is 0.515. The first-order valence-electron chi connectivity index (χ1n) is 5.30. The Labute approximate surface area is 90.9 Å². The molecule has 2 N–H and O–H groups in total. The molecular formula is C11H11F2N3. The van der Waals surface area contributed by atoms with Gasteiger partial charge in [-0.3, -0.25) is 0 Å². The van der Waals surface area contributed by atoms with Gasteiger partial charge in [-0.1, -0.05) is 0 Å². The molecule has 1 saturated heterocycles. The van der Waals surface area contributed by atoms with Gasteiger partial charge in [0.15, 0.2) is 11.6 Å². The van der Waals surface area contributed by atoms with Crippen molar-refractivity contribution in [3.05, 3.63) is 29.6 Å². The number of nitrogens with one attached hydrogen (secondary N) is 2. The van der Waals surface area contributed by atoms with E-state index in [9.17, 15) is 8.78 Å². The molecule has 1 atom stereocenters. The zero-order valence-corrected chi connectivity index (χ0v) is 8.56. The van der Waals surface area contributed by atoms with E-state index in [-0.39, 0.29) is 11.4 Å². The predicted molar refractivity (Wildman–Crippen MR) is 56.2 cm³/mol. The summed E-state index contributed by atoms with van der Waals surface area (Å²) in [5.74, 6) is -0.708. The summed E-state index contributed by atoms with van der Waals surface area (Å²) in [4.78, 5) is 7.19. The normalized spacial score (nSPS) is 20.8. The molecule has 1 aromatic carbocycles. The summed E-state index contributed by atoms with van der Waals surface area (Å²) in [5.41, 5.74) is 0.655. The maximum Gasteiger partial charge on any atom is 0.186 e. The highest BCUT2D eigenvalue weighted by Crippen LogP contribution is 2.24. The van der Waals surface area contributed by atoms with Crippen molar-refractivity contribution in [1.82, 2.24) is 15.3 Å². The molecule has 3 nitrogen and oxygen atoms in total. The minimum absolute atomic E-state index is 0.0990. The van der Waals surface area contributed by atoms with E-state index in [0.717, 1.165) is 31.4 Å². The lowest BCUT2D eigenvalue weighted by Crippen LogP contribution is -2.08. The van der Waals surface area contributed by atoms with Gasteiger partial charge in [0.25, 0.3) is 0 Å². The van der Waals surface area contributed by atoms with Crippen LogP contribution in [0.25, 0.3) is 11.0 Å². The molecule has 0 amide bonds. The lowest BCUT2D eigenvalue weighted by atomic mass is 10.1. The van der Waals surface area contributed by atoms with Crippen molar-refractivity contribution < 1.29 is 8.78 Å². The first-order valence-corrected chi connectivity index (χ1v) is 5.30. The van der Waals surface area contributed by atoms with E-state index in [4.69, 9.17) is 0 Å². The van der Waals surface area contributed by atoms with E-state index in [1.807, 2.05) is 0 Å². The Morgan fingerprint density at radius 3 is 2.94 bits per heavy atom. The van der Waals surface area contributed by atoms with Crippen LogP contribution in [0.3, 0.4) is 0 Å². The molecule has 0 spiro atoms. The Morgan fingerprint density at radius 2 is 2.19 bits per heavy atom. The Kier molecular flexibility index (Phi) is 2.14. The maximum atomic E-state index is 13.4. The summed E-state index contributed by atoms with van der Waals surface area (Å²) in [6, 6.07) is 2.64. The molecule has 1 aliphatic rings. The third-order valence-corrected chi connectivity index (χ3v) is 3.01. The molecule has 0 radical (unpaired) electrons. The third kappa shape index (κ3) is 1.39. The number of aromatic amines is 1. The van der Waals surface area contributed by atoms with Gasteiger partial charge in [0, 0.05) is 12.5 Å². The topological polar surface area (TPSA) is 40.7 Å². The Morgan fingerprint density at radius 1 is 1.31 bits per heavy atom. The largest absolute Gasteiger partial charge is 0.342 e. The van der Waals surface area contributed by atoms with E-state index in [2.05, 4.69) is 15.3 Å². The molecule has 0 bridgehead atoms. The smallest absolute Gasteiger partial charge is 0.186 e. The van der Waals surface area contributed by atoms with Gasteiger partial charge in [-0.25, -0.2) is 13.8 Å². The fraction of sp³-hybridized carbons (Fsp3) is 0.364. The average molecular weight is 223 g/mol. The van der Waals surface area contributed by atoms with Crippen molar-refractivity contribution in [3.8, 4) is 0 Å². The van der Waals surface area contributed by atoms with E-state index in [1.165, 1.54) is 6.07 Å². The fourth-order valence-electron chi connectivity index (χ4n) is 2.12. The van der Waals surface area contributed by atoms with Gasteiger partial charge in [-0.2, -0.15) is 0 Å². The SMILES string of the molecule is Fc1ccc2[nH]c(C3CCNC3)nc2c1F. The van der Waals surface area contributed by atoms with Crippen LogP contribution in [0.15, 0.2) is 12.1 Å². The zero-order chi connectivity index (χ0) is 11.1. The number of hydrogen-bond donors (Lipinski definition) is 2. The first kappa shape index (κ1) is 9.72. The zero-order valence-electron chi connectivity index (χ0n) is 8.56. The summed E-state index contributed by atoms with van der Waals surface area (Å²) in [6.07, 6.45) is 0.976. The van der Waals surface area contributed by atoms with E-state index in [1.54, 1.807) is 0 Å². The van der Waals surface area contributed by atoms with E-state index < -0.39 is 11.6 Å². The van der Waals surface area contributed by atoms with Crippen LogP contribution in [0.2, 0.25) is 0 Å². The second-order valence-electron chi connectivity index (χ2n) is 4.07. The number of fused-ring (bicyclic) bond motifs is 1. The van der Waals surface area contributed by atoms with Crippen molar-refractivity contribution in [2.75, 3.05) is 13.1 Å². The van der Waals surface area contributed by atoms with Crippen LogP contribution in [0.4, 0.5) is 8.78 Å². The number of imidazole rings is 1. The van der Waals surface area contributed by atoms with Crippen LogP contribution in [-0.2, 0) is 0 Å². The average Bonchev–Trinajstić information content (AvgIpc) is 2.91. The monoisotopic (exact) mass is 223 g/mol. The van der Waals surface area contributed by atoms with Gasteiger partial charge in [-0.15, -0.1) is 0 Å². The Balaban J connectivity index is 2.11. The van der Waals surface area contributed by atoms with Crippen LogP contribution in [-0.4, -0.2) is 23.1 Å². The number of H-pyrrole nitrogens is 1. The van der Waals surface area contributed by atoms with Crippen LogP contribution in [0.5, 0.6) is 0 Å². The molecular weight excluding hydrogens is 212 g/mol. The predicted octanol–water partition coefficient (Wildman–Crippen LogP) is 1.92. The number of aromatic nitrogens is 2. The Hall–Kier alpha value is -1.49. The molecule has 0 aliphatic carbocycles. The summed E-state index contributed by atoms with van der Waals surface area (Å²) >= 11 is 0. The molecule has 1 unspecified atom stereocenters. The van der Waals surface area contributed by atoms with Crippen LogP contribution in [0, 0.1) is 11.6 Å². The van der Waals surface area contributed by atoms with Crippen molar-refractivity contribution in [2.24, 2.45) is 0 Å². The molecule has 5 heteroatoms. The molecule has 16 heavy (non-hydrogen) atoms. The highest BCUT2D eigenvalue weighted by molar-refractivity contribution is 5.75. The molecule has 3 rings (SSSR count). The van der Waals surface area contributed by atoms with Crippen LogP contribution in [0.1, 0.15) is 18.2 Å². The highest BCUT2D eigenvalue weighted by Gasteiger charge is 2.21. The van der Waals surface area contributed by atoms with Gasteiger partial charge in [0.05, 0.1) is 5.52 Å². The van der Waals surface area contributed by atoms with E-state index in [0.29, 0.717) is 5.52 Å². The van der Waals surface area contributed by atoms with Crippen molar-refractivity contribution in [1.29, 1.82) is 0 Å². The maximum absolute atomic E-state index is 13.4. The molecule has 84 valence electrons. The summed E-state index contributed by atoms with van der Waals surface area (Å²) in [6.45, 7) is 1.78. The molecule has 1 aliphatic heterocycles. The molecule has 2 aromatic rings. The summed E-state index contributed by atoms with van der Waals surface area (Å²) in [7, 11) is 0. The number of hydrogen-bond acceptors (Lipinski definition) is 2. The van der Waals surface area contributed by atoms with Crippen molar-refractivity contribution >= 4 is 11.0 Å². The standard InChI is InChI=1S/C11H11F2N3/c12-7-1-2-8-10(9(7)13)16-11(15-8)6-3-4-14-5-6/h1-2,6,14H,3-5H2,(H,15,16). The minimum Gasteiger partial charge on any atom is -0.342 e. The van der Waals surface area contributed by atoms with Gasteiger partial charge < -0.3 is 10.3 Å². The second kappa shape index (κ2) is 3.52. The number of nitrogens with zero attached hydrogens (tertiary/aromatic N) is 1. The second-order valence-corrected chi connectivity index (χ2v) is 4.07. The van der Waals surface area contributed by atoms with Crippen LogP contribution >= 0.6 is 0 Å². The van der Waals surface area contributed by atoms with Crippen molar-refractivity contribution in [2.45, 2.75) is 12.3 Å². The quantitative estimate of drug-likeness (QED) is 0.775. The molecule has 2 heterocycles.